The van der Waals surface area contributed by atoms with Crippen LogP contribution in [0.2, 0.25) is 0 Å². The van der Waals surface area contributed by atoms with Crippen molar-refractivity contribution >= 4 is 7.82 Å². The van der Waals surface area contributed by atoms with E-state index in [1.54, 1.807) is 12.4 Å². The highest BCUT2D eigenvalue weighted by Gasteiger charge is 2.06. The molecule has 1 aromatic rings. The number of hydrogen-bond donors (Lipinski definition) is 0. The van der Waals surface area contributed by atoms with Gasteiger partial charge in [0, 0.05) is 13.3 Å². The third-order valence-electron chi connectivity index (χ3n) is 1.33. The summed E-state index contributed by atoms with van der Waals surface area (Å²) in [4.78, 5) is 10.7. The van der Waals surface area contributed by atoms with Crippen LogP contribution in [0.3, 0.4) is 0 Å². The summed E-state index contributed by atoms with van der Waals surface area (Å²) in [5.41, 5.74) is 0.932. The highest BCUT2D eigenvalue weighted by Crippen LogP contribution is 2.36. The van der Waals surface area contributed by atoms with Gasteiger partial charge in [0.05, 0.1) is 6.20 Å². The second-order valence-electron chi connectivity index (χ2n) is 2.45. The van der Waals surface area contributed by atoms with Gasteiger partial charge in [0.1, 0.15) is 6.73 Å². The van der Waals surface area contributed by atoms with E-state index >= 15 is 0 Å². The van der Waals surface area contributed by atoms with Crippen LogP contribution in [0.4, 0.5) is 0 Å². The molecule has 0 radical (unpaired) electrons. The van der Waals surface area contributed by atoms with Crippen LogP contribution in [0.1, 0.15) is 5.56 Å². The number of rotatable bonds is 4. The zero-order valence-electron chi connectivity index (χ0n) is 7.34. The normalized spacial score (nSPS) is 15.6. The summed E-state index contributed by atoms with van der Waals surface area (Å²) >= 11 is 0. The van der Waals surface area contributed by atoms with E-state index < -0.39 is 7.82 Å². The monoisotopic (exact) mass is 205 g/mol. The molecule has 6 nitrogen and oxygen atoms in total. The average molecular weight is 205 g/mol. The van der Waals surface area contributed by atoms with Crippen LogP contribution in [-0.4, -0.2) is 16.9 Å². The molecule has 0 saturated heterocycles. The number of nitrogens with zero attached hydrogens (tertiary/aromatic N) is 2. The first kappa shape index (κ1) is 10.4. The third-order valence-corrected chi connectivity index (χ3v) is 2.21. The fourth-order valence-corrected chi connectivity index (χ4v) is 1.09. The first-order chi connectivity index (χ1) is 6.03. The number of phosphoric ester groups is 1. The first-order valence-corrected chi connectivity index (χ1v) is 5.00. The molecule has 13 heavy (non-hydrogen) atoms. The summed E-state index contributed by atoms with van der Waals surface area (Å²) in [7, 11) is -3.10. The molecule has 0 aliphatic rings. The Hall–Kier alpha value is -0.680. The SMILES string of the molecule is COP(=O)([O-])OCn1cc(C)cn1. The van der Waals surface area contributed by atoms with E-state index in [0.29, 0.717) is 0 Å². The van der Waals surface area contributed by atoms with Gasteiger partial charge in [-0.25, -0.2) is 4.68 Å². The summed E-state index contributed by atoms with van der Waals surface area (Å²) in [5, 5.41) is 3.83. The largest absolute Gasteiger partial charge is 0.756 e. The lowest BCUT2D eigenvalue weighted by molar-refractivity contribution is -0.226. The molecule has 1 heterocycles. The van der Waals surface area contributed by atoms with Gasteiger partial charge in [-0.2, -0.15) is 5.10 Å². The predicted octanol–water partition coefficient (Wildman–Crippen LogP) is 0.280. The van der Waals surface area contributed by atoms with E-state index in [9.17, 15) is 9.46 Å². The molecule has 0 aliphatic heterocycles. The number of aryl methyl sites for hydroxylation is 1. The molecule has 74 valence electrons. The Morgan fingerprint density at radius 3 is 2.92 bits per heavy atom. The lowest BCUT2D eigenvalue weighted by Gasteiger charge is -2.19. The Labute approximate surface area is 75.7 Å². The van der Waals surface area contributed by atoms with Crippen molar-refractivity contribution in [2.75, 3.05) is 7.11 Å². The quantitative estimate of drug-likeness (QED) is 0.660. The van der Waals surface area contributed by atoms with Crippen molar-refractivity contribution in [2.24, 2.45) is 0 Å². The van der Waals surface area contributed by atoms with E-state index in [1.807, 2.05) is 6.92 Å². The Morgan fingerprint density at radius 2 is 2.46 bits per heavy atom. The topological polar surface area (TPSA) is 76.4 Å². The minimum absolute atomic E-state index is 0.164. The first-order valence-electron chi connectivity index (χ1n) is 3.54. The van der Waals surface area contributed by atoms with Gasteiger partial charge in [0.25, 0.3) is 7.82 Å². The Kier molecular flexibility index (Phi) is 3.22. The van der Waals surface area contributed by atoms with Crippen LogP contribution in [0.5, 0.6) is 0 Å². The molecule has 0 saturated carbocycles. The minimum atomic E-state index is -4.14. The molecule has 0 amide bonds. The second kappa shape index (κ2) is 4.02. The van der Waals surface area contributed by atoms with Crippen molar-refractivity contribution in [3.05, 3.63) is 18.0 Å². The molecule has 1 aromatic heterocycles. The van der Waals surface area contributed by atoms with Gasteiger partial charge in [0.15, 0.2) is 0 Å². The summed E-state index contributed by atoms with van der Waals surface area (Å²) in [6.07, 6.45) is 3.27. The van der Waals surface area contributed by atoms with Crippen molar-refractivity contribution < 1.29 is 18.5 Å². The predicted molar refractivity (Wildman–Crippen MR) is 42.7 cm³/mol. The van der Waals surface area contributed by atoms with Crippen LogP contribution in [0.15, 0.2) is 12.4 Å². The van der Waals surface area contributed by atoms with Crippen molar-refractivity contribution in [2.45, 2.75) is 13.7 Å². The molecule has 0 fully saturated rings. The van der Waals surface area contributed by atoms with Crippen LogP contribution in [0, 0.1) is 6.92 Å². The van der Waals surface area contributed by atoms with Crippen LogP contribution in [-0.2, 0) is 20.3 Å². The maximum Gasteiger partial charge on any atom is 0.269 e. The van der Waals surface area contributed by atoms with Gasteiger partial charge >= 0.3 is 0 Å². The van der Waals surface area contributed by atoms with Crippen molar-refractivity contribution in [1.29, 1.82) is 0 Å². The summed E-state index contributed by atoms with van der Waals surface area (Å²) in [6.45, 7) is 1.68. The van der Waals surface area contributed by atoms with E-state index in [-0.39, 0.29) is 6.73 Å². The van der Waals surface area contributed by atoms with Crippen LogP contribution < -0.4 is 4.89 Å². The molecule has 0 spiro atoms. The standard InChI is InChI=1S/C6H11N2O4P/c1-6-3-7-8(4-6)5-12-13(9,10)11-2/h3-4H,5H2,1-2H3,(H,9,10)/p-1. The van der Waals surface area contributed by atoms with Crippen LogP contribution >= 0.6 is 7.82 Å². The smallest absolute Gasteiger partial charge is 0.269 e. The molecule has 0 aromatic carbocycles. The van der Waals surface area contributed by atoms with Gasteiger partial charge in [-0.1, -0.05) is 0 Å². The maximum absolute atomic E-state index is 10.7. The molecule has 1 rings (SSSR count). The number of aromatic nitrogens is 2. The average Bonchev–Trinajstić information content (AvgIpc) is 2.48. The Balaban J connectivity index is 2.48. The van der Waals surface area contributed by atoms with E-state index in [0.717, 1.165) is 12.7 Å². The van der Waals surface area contributed by atoms with Gasteiger partial charge in [-0.3, -0.25) is 9.09 Å². The lowest BCUT2D eigenvalue weighted by atomic mass is 10.4. The van der Waals surface area contributed by atoms with Crippen molar-refractivity contribution in [3.63, 3.8) is 0 Å². The van der Waals surface area contributed by atoms with Gasteiger partial charge < -0.3 is 9.42 Å². The zero-order chi connectivity index (χ0) is 9.90. The van der Waals surface area contributed by atoms with Gasteiger partial charge in [-0.15, -0.1) is 0 Å². The highest BCUT2D eigenvalue weighted by molar-refractivity contribution is 7.45. The van der Waals surface area contributed by atoms with Crippen LogP contribution in [0.25, 0.3) is 0 Å². The third kappa shape index (κ3) is 3.28. The summed E-state index contributed by atoms with van der Waals surface area (Å²) in [5.74, 6) is 0. The fourth-order valence-electron chi connectivity index (χ4n) is 0.720. The van der Waals surface area contributed by atoms with Crippen molar-refractivity contribution in [3.8, 4) is 0 Å². The molecule has 1 atom stereocenters. The Bertz CT molecular complexity index is 324. The van der Waals surface area contributed by atoms with Gasteiger partial charge in [-0.05, 0) is 12.5 Å². The number of phosphoric acid groups is 1. The minimum Gasteiger partial charge on any atom is -0.756 e. The van der Waals surface area contributed by atoms with E-state index in [4.69, 9.17) is 0 Å². The molecular weight excluding hydrogens is 195 g/mol. The molecule has 1 unspecified atom stereocenters. The molecule has 0 N–H and O–H groups in total. The highest BCUT2D eigenvalue weighted by atomic mass is 31.2. The molecule has 0 aliphatic carbocycles. The zero-order valence-corrected chi connectivity index (χ0v) is 8.23. The maximum atomic E-state index is 10.7. The summed E-state index contributed by atoms with van der Waals surface area (Å²) in [6, 6.07) is 0. The summed E-state index contributed by atoms with van der Waals surface area (Å²) < 4.78 is 20.6. The number of hydrogen-bond acceptors (Lipinski definition) is 5. The fraction of sp³-hybridized carbons (Fsp3) is 0.500. The lowest BCUT2D eigenvalue weighted by Crippen LogP contribution is -2.09. The molecule has 0 bridgehead atoms. The second-order valence-corrected chi connectivity index (χ2v) is 3.96. The van der Waals surface area contributed by atoms with E-state index in [2.05, 4.69) is 14.1 Å². The molecule has 7 heteroatoms. The van der Waals surface area contributed by atoms with Gasteiger partial charge in [0.2, 0.25) is 0 Å². The van der Waals surface area contributed by atoms with E-state index in [1.165, 1.54) is 4.68 Å². The van der Waals surface area contributed by atoms with Crippen molar-refractivity contribution in [1.82, 2.24) is 9.78 Å². The molecular formula is C6H10N2O4P-. The Morgan fingerprint density at radius 1 is 1.77 bits per heavy atom.